The van der Waals surface area contributed by atoms with Crippen LogP contribution in [0, 0.1) is 6.92 Å². The lowest BCUT2D eigenvalue weighted by Gasteiger charge is -2.46. The van der Waals surface area contributed by atoms with Gasteiger partial charge in [-0.15, -0.1) is 0 Å². The number of aromatic nitrogens is 3. The number of carboxylic acids is 1. The molecule has 0 atom stereocenters. The fourth-order valence-corrected chi connectivity index (χ4v) is 4.21. The summed E-state index contributed by atoms with van der Waals surface area (Å²) in [5.74, 6) is -1.000. The second kappa shape index (κ2) is 6.19. The maximum absolute atomic E-state index is 11.8. The zero-order valence-corrected chi connectivity index (χ0v) is 15.7. The minimum Gasteiger partial charge on any atom is -0.478 e. The van der Waals surface area contributed by atoms with Gasteiger partial charge < -0.3 is 19.6 Å². The number of ether oxygens (including phenoxy) is 1. The van der Waals surface area contributed by atoms with Crippen LogP contribution in [0.2, 0.25) is 0 Å². The highest BCUT2D eigenvalue weighted by atomic mass is 16.5. The van der Waals surface area contributed by atoms with E-state index in [1.807, 2.05) is 6.92 Å². The van der Waals surface area contributed by atoms with E-state index in [0.717, 1.165) is 23.9 Å². The van der Waals surface area contributed by atoms with Gasteiger partial charge in [-0.1, -0.05) is 0 Å². The summed E-state index contributed by atoms with van der Waals surface area (Å²) >= 11 is 0. The Morgan fingerprint density at radius 3 is 2.63 bits per heavy atom. The molecule has 1 N–H and O–H groups in total. The number of amides is 1. The number of carbonyl (C=O) groups is 2. The van der Waals surface area contributed by atoms with Crippen molar-refractivity contribution in [3.05, 3.63) is 17.5 Å². The Kier molecular flexibility index (Phi) is 4.06. The van der Waals surface area contributed by atoms with Crippen molar-refractivity contribution < 1.29 is 19.4 Å². The number of likely N-dealkylation sites (N-methyl/N-ethyl adjacent to an activating group) is 1. The van der Waals surface area contributed by atoms with Crippen molar-refractivity contribution in [3.63, 3.8) is 0 Å². The van der Waals surface area contributed by atoms with Crippen LogP contribution in [-0.2, 0) is 16.6 Å². The summed E-state index contributed by atoms with van der Waals surface area (Å²) in [6, 6.07) is 0. The fraction of sp³-hybridized carbons (Fsp3) is 0.556. The molecule has 0 aromatic carbocycles. The van der Waals surface area contributed by atoms with Crippen LogP contribution in [0.25, 0.3) is 11.0 Å². The van der Waals surface area contributed by atoms with E-state index in [9.17, 15) is 14.7 Å². The number of piperidine rings is 1. The Balaban J connectivity index is 1.69. The second-order valence-corrected chi connectivity index (χ2v) is 7.44. The van der Waals surface area contributed by atoms with Gasteiger partial charge in [0.25, 0.3) is 0 Å². The van der Waals surface area contributed by atoms with Crippen LogP contribution in [0.4, 0.5) is 5.69 Å². The van der Waals surface area contributed by atoms with Crippen LogP contribution in [-0.4, -0.2) is 75.5 Å². The molecule has 9 heteroatoms. The maximum atomic E-state index is 11.8. The molecule has 2 saturated heterocycles. The first-order valence-electron chi connectivity index (χ1n) is 9.00. The van der Waals surface area contributed by atoms with E-state index in [1.165, 1.54) is 6.20 Å². The van der Waals surface area contributed by atoms with Crippen molar-refractivity contribution in [1.29, 1.82) is 0 Å². The summed E-state index contributed by atoms with van der Waals surface area (Å²) in [7, 11) is 3.60. The quantitative estimate of drug-likeness (QED) is 0.831. The number of carboxylic acid groups (broad SMARTS) is 1. The molecule has 0 bridgehead atoms. The predicted molar refractivity (Wildman–Crippen MR) is 98.0 cm³/mol. The van der Waals surface area contributed by atoms with Gasteiger partial charge in [-0.05, 0) is 19.8 Å². The molecule has 27 heavy (non-hydrogen) atoms. The minimum absolute atomic E-state index is 0.00181. The zero-order chi connectivity index (χ0) is 19.3. The van der Waals surface area contributed by atoms with E-state index in [0.29, 0.717) is 31.0 Å². The van der Waals surface area contributed by atoms with Gasteiger partial charge in [0.15, 0.2) is 5.65 Å². The number of hydrogen-bond acceptors (Lipinski definition) is 6. The smallest absolute Gasteiger partial charge is 0.339 e. The monoisotopic (exact) mass is 373 g/mol. The Bertz CT molecular complexity index is 929. The first-order valence-corrected chi connectivity index (χ1v) is 9.00. The molecule has 0 unspecified atom stereocenters. The van der Waals surface area contributed by atoms with Gasteiger partial charge in [-0.25, -0.2) is 9.78 Å². The summed E-state index contributed by atoms with van der Waals surface area (Å²) in [5, 5.41) is 14.9. The molecule has 2 aromatic rings. The predicted octanol–water partition coefficient (Wildman–Crippen LogP) is 0.803. The number of pyridine rings is 1. The lowest BCUT2D eigenvalue weighted by Crippen LogP contribution is -2.57. The lowest BCUT2D eigenvalue weighted by molar-refractivity contribution is -0.164. The van der Waals surface area contributed by atoms with E-state index in [2.05, 4.69) is 15.0 Å². The second-order valence-electron chi connectivity index (χ2n) is 7.44. The minimum atomic E-state index is -0.998. The maximum Gasteiger partial charge on any atom is 0.339 e. The third-order valence-corrected chi connectivity index (χ3v) is 5.67. The molecule has 1 amide bonds. The number of anilines is 1. The summed E-state index contributed by atoms with van der Waals surface area (Å²) in [4.78, 5) is 31.7. The van der Waals surface area contributed by atoms with Crippen molar-refractivity contribution in [2.45, 2.75) is 25.4 Å². The lowest BCUT2D eigenvalue weighted by atomic mass is 9.88. The Hall–Kier alpha value is -2.68. The largest absolute Gasteiger partial charge is 0.478 e. The molecule has 2 aliphatic heterocycles. The number of hydrogen-bond donors (Lipinski definition) is 1. The van der Waals surface area contributed by atoms with Crippen LogP contribution in [0.15, 0.2) is 6.20 Å². The molecule has 1 spiro atoms. The van der Waals surface area contributed by atoms with Crippen molar-refractivity contribution in [3.8, 4) is 0 Å². The van der Waals surface area contributed by atoms with E-state index >= 15 is 0 Å². The van der Waals surface area contributed by atoms with Crippen LogP contribution < -0.4 is 4.90 Å². The van der Waals surface area contributed by atoms with Crippen LogP contribution >= 0.6 is 0 Å². The molecule has 0 saturated carbocycles. The number of nitrogens with zero attached hydrogens (tertiary/aromatic N) is 5. The molecular formula is C18H23N5O4. The zero-order valence-electron chi connectivity index (χ0n) is 15.7. The highest BCUT2D eigenvalue weighted by Crippen LogP contribution is 2.37. The van der Waals surface area contributed by atoms with Crippen LogP contribution in [0.3, 0.4) is 0 Å². The van der Waals surface area contributed by atoms with Crippen molar-refractivity contribution in [1.82, 2.24) is 19.7 Å². The number of rotatable bonds is 2. The number of carbonyl (C=O) groups excluding carboxylic acids is 1. The number of fused-ring (bicyclic) bond motifs is 1. The first-order chi connectivity index (χ1) is 12.8. The van der Waals surface area contributed by atoms with Crippen molar-refractivity contribution >= 4 is 28.6 Å². The SMILES string of the molecule is Cc1nn(C)c2ncc(C(=O)O)c(N3CCC4(CC3)CN(C)C(=O)CO4)c12. The Morgan fingerprint density at radius 1 is 1.30 bits per heavy atom. The molecular weight excluding hydrogens is 350 g/mol. The number of aromatic carboxylic acids is 1. The van der Waals surface area contributed by atoms with Crippen LogP contribution in [0.5, 0.6) is 0 Å². The standard InChI is InChI=1S/C18H23N5O4/c1-11-14-15(12(17(25)26)8-19-16(14)22(3)20-11)23-6-4-18(5-7-23)10-21(2)13(24)9-27-18/h8H,4-7,9-10H2,1-3H3,(H,25,26). The van der Waals surface area contributed by atoms with Gasteiger partial charge in [0.05, 0.1) is 22.4 Å². The number of morpholine rings is 1. The van der Waals surface area contributed by atoms with E-state index in [1.54, 1.807) is 23.7 Å². The molecule has 0 radical (unpaired) electrons. The van der Waals surface area contributed by atoms with Gasteiger partial charge in [0.1, 0.15) is 12.2 Å². The van der Waals surface area contributed by atoms with E-state index in [4.69, 9.17) is 4.74 Å². The number of aryl methyl sites for hydroxylation is 2. The fourth-order valence-electron chi connectivity index (χ4n) is 4.21. The summed E-state index contributed by atoms with van der Waals surface area (Å²) in [6.07, 6.45) is 2.87. The molecule has 144 valence electrons. The molecule has 9 nitrogen and oxygen atoms in total. The molecule has 0 aliphatic carbocycles. The average Bonchev–Trinajstić information content (AvgIpc) is 2.93. The van der Waals surface area contributed by atoms with Gasteiger partial charge in [0.2, 0.25) is 5.91 Å². The molecule has 4 rings (SSSR count). The first kappa shape index (κ1) is 17.7. The molecule has 4 heterocycles. The van der Waals surface area contributed by atoms with Crippen molar-refractivity contribution in [2.75, 3.05) is 38.2 Å². The molecule has 2 aromatic heterocycles. The van der Waals surface area contributed by atoms with Crippen molar-refractivity contribution in [2.24, 2.45) is 7.05 Å². The average molecular weight is 373 g/mol. The van der Waals surface area contributed by atoms with Gasteiger partial charge in [0, 0.05) is 39.9 Å². The summed E-state index contributed by atoms with van der Waals surface area (Å²) in [5.41, 5.74) is 1.95. The highest BCUT2D eigenvalue weighted by molar-refractivity contribution is 6.04. The molecule has 2 fully saturated rings. The van der Waals surface area contributed by atoms with Gasteiger partial charge >= 0.3 is 5.97 Å². The Morgan fingerprint density at radius 2 is 2.00 bits per heavy atom. The third-order valence-electron chi connectivity index (χ3n) is 5.67. The van der Waals surface area contributed by atoms with E-state index in [-0.39, 0.29) is 23.7 Å². The van der Waals surface area contributed by atoms with E-state index < -0.39 is 5.97 Å². The third kappa shape index (κ3) is 2.82. The van der Waals surface area contributed by atoms with Gasteiger partial charge in [-0.2, -0.15) is 5.10 Å². The van der Waals surface area contributed by atoms with Crippen LogP contribution in [0.1, 0.15) is 28.9 Å². The summed E-state index contributed by atoms with van der Waals surface area (Å²) in [6.45, 7) is 3.85. The topological polar surface area (TPSA) is 101 Å². The van der Waals surface area contributed by atoms with Gasteiger partial charge in [-0.3, -0.25) is 9.48 Å². The molecule has 2 aliphatic rings. The Labute approximate surface area is 156 Å². The normalized spacial score (nSPS) is 19.9. The summed E-state index contributed by atoms with van der Waals surface area (Å²) < 4.78 is 7.58. The highest BCUT2D eigenvalue weighted by Gasteiger charge is 2.42.